The van der Waals surface area contributed by atoms with E-state index in [1.807, 2.05) is 0 Å². The number of ether oxygens (including phenoxy) is 6. The molecule has 0 saturated heterocycles. The summed E-state index contributed by atoms with van der Waals surface area (Å²) in [6.45, 7) is 3.21. The van der Waals surface area contributed by atoms with Gasteiger partial charge in [-0.2, -0.15) is 0 Å². The second kappa shape index (κ2) is 29.1. The first-order valence-corrected chi connectivity index (χ1v) is 21.4. The molecule has 330 valence electrons. The largest absolute Gasteiger partial charge is 3.00 e. The average molecular weight is 1010 g/mol. The van der Waals surface area contributed by atoms with Crippen molar-refractivity contribution in [2.24, 2.45) is 0 Å². The fraction of sp³-hybridized carbons (Fsp3) is 0.294. The Morgan fingerprint density at radius 3 is 0.537 bits per heavy atom. The quantitative estimate of drug-likeness (QED) is 0.158. The molecule has 0 radical (unpaired) electrons. The first-order valence-electron chi connectivity index (χ1n) is 21.4. The van der Waals surface area contributed by atoms with E-state index in [0.29, 0.717) is 108 Å². The molecular formula is C51H48LaLi3O12. The predicted octanol–water partition coefficient (Wildman–Crippen LogP) is -1.66. The van der Waals surface area contributed by atoms with Gasteiger partial charge in [0.25, 0.3) is 0 Å². The van der Waals surface area contributed by atoms with E-state index in [4.69, 9.17) is 28.4 Å². The molecule has 0 aromatic heterocycles. The van der Waals surface area contributed by atoms with Gasteiger partial charge in [0.1, 0.15) is 34.5 Å². The summed E-state index contributed by atoms with van der Waals surface area (Å²) in [5.74, 6) is 1.40. The third-order valence-corrected chi connectivity index (χ3v) is 10.6. The molecule has 0 aliphatic carbocycles. The third kappa shape index (κ3) is 14.9. The summed E-state index contributed by atoms with van der Waals surface area (Å²) in [4.78, 5) is 0. The third-order valence-electron chi connectivity index (χ3n) is 10.6. The van der Waals surface area contributed by atoms with Gasteiger partial charge >= 0.3 is 92.2 Å². The van der Waals surface area contributed by atoms with Gasteiger partial charge in [-0.15, -0.1) is 0 Å². The molecule has 0 atom stereocenters. The molecule has 6 aromatic rings. The number of benzene rings is 6. The molecule has 0 N–H and O–H groups in total. The molecule has 3 aliphatic heterocycles. The van der Waals surface area contributed by atoms with Crippen molar-refractivity contribution in [1.82, 2.24) is 0 Å². The molecule has 3 aliphatic rings. The molecule has 0 spiro atoms. The van der Waals surface area contributed by atoms with Crippen LogP contribution in [-0.4, -0.2) is 39.6 Å². The van der Waals surface area contributed by atoms with Crippen molar-refractivity contribution in [3.63, 3.8) is 0 Å². The van der Waals surface area contributed by atoms with Gasteiger partial charge in [0, 0.05) is 33.4 Å². The minimum absolute atomic E-state index is 0. The van der Waals surface area contributed by atoms with E-state index in [2.05, 4.69) is 0 Å². The number of rotatable bonds is 0. The summed E-state index contributed by atoms with van der Waals surface area (Å²) in [5, 5.41) is 73.5. The maximum absolute atomic E-state index is 12.3. The van der Waals surface area contributed by atoms with Gasteiger partial charge in [-0.05, 0) is 94.2 Å². The van der Waals surface area contributed by atoms with Crippen LogP contribution in [0, 0.1) is 35.6 Å². The minimum atomic E-state index is -0.222. The fourth-order valence-electron chi connectivity index (χ4n) is 7.50. The minimum Gasteiger partial charge on any atom is -0.872 e. The van der Waals surface area contributed by atoms with E-state index in [-0.39, 0.29) is 127 Å². The molecule has 67 heavy (non-hydrogen) atoms. The van der Waals surface area contributed by atoms with Crippen LogP contribution in [0.15, 0.2) is 109 Å². The summed E-state index contributed by atoms with van der Waals surface area (Å²) < 4.78 is 34.3. The Morgan fingerprint density at radius 2 is 0.388 bits per heavy atom. The van der Waals surface area contributed by atoms with Crippen molar-refractivity contribution in [2.45, 2.75) is 57.8 Å². The number of hydrogen-bond donors (Lipinski definition) is 0. The normalized spacial score (nSPS) is 14.0. The van der Waals surface area contributed by atoms with Crippen molar-refractivity contribution in [2.75, 3.05) is 39.6 Å². The van der Waals surface area contributed by atoms with E-state index < -0.39 is 0 Å². The molecule has 3 heterocycles. The first kappa shape index (κ1) is 57.2. The second-order valence-electron chi connectivity index (χ2n) is 15.0. The Kier molecular flexibility index (Phi) is 24.8. The molecule has 6 aromatic carbocycles. The molecule has 0 fully saturated rings. The van der Waals surface area contributed by atoms with Crippen molar-refractivity contribution in [3.8, 4) is 102 Å². The second-order valence-corrected chi connectivity index (χ2v) is 15.0. The Balaban J connectivity index is 0.000000259. The summed E-state index contributed by atoms with van der Waals surface area (Å²) >= 11 is 0. The van der Waals surface area contributed by atoms with Crippen LogP contribution in [0.2, 0.25) is 0 Å². The molecule has 12 nitrogen and oxygen atoms in total. The Hall–Kier alpha value is -4.09. The maximum atomic E-state index is 12.3. The Bertz CT molecular complexity index is 2040. The van der Waals surface area contributed by atoms with Crippen molar-refractivity contribution in [1.29, 1.82) is 0 Å². The smallest absolute Gasteiger partial charge is 0.872 e. The van der Waals surface area contributed by atoms with Gasteiger partial charge < -0.3 is 59.1 Å². The molecular weight excluding hydrogens is 964 g/mol. The molecule has 0 saturated carbocycles. The van der Waals surface area contributed by atoms with Gasteiger partial charge in [-0.25, -0.2) is 0 Å². The summed E-state index contributed by atoms with van der Waals surface area (Å²) in [5.41, 5.74) is 1.83. The van der Waals surface area contributed by atoms with Crippen LogP contribution in [0.4, 0.5) is 0 Å². The van der Waals surface area contributed by atoms with Crippen molar-refractivity contribution >= 4 is 0 Å². The van der Waals surface area contributed by atoms with E-state index >= 15 is 0 Å². The summed E-state index contributed by atoms with van der Waals surface area (Å²) in [6, 6.07) is 28.9. The SMILES string of the molecule is [La+3].[Li+].[Li+].[Li+].[O-]c1cccc2c1-c1c([O-])cccc1OCCCCCO2.[O-]c1cccc2c1-c1c([O-])cccc1OCCCCCO2.[O-]c1cccc2c1-c1c([O-])cccc1OCCCCCO2. The summed E-state index contributed by atoms with van der Waals surface area (Å²) in [7, 11) is 0. The van der Waals surface area contributed by atoms with Gasteiger partial charge in [-0.1, -0.05) is 107 Å². The first-order chi connectivity index (χ1) is 30.8. The van der Waals surface area contributed by atoms with Crippen LogP contribution >= 0.6 is 0 Å². The Morgan fingerprint density at radius 1 is 0.239 bits per heavy atom. The predicted molar refractivity (Wildman–Crippen MR) is 227 cm³/mol. The summed E-state index contributed by atoms with van der Waals surface area (Å²) in [6.07, 6.45) is 8.33. The number of fused-ring (bicyclic) bond motifs is 9. The monoisotopic (exact) mass is 1010 g/mol. The van der Waals surface area contributed by atoms with Crippen molar-refractivity contribution in [3.05, 3.63) is 109 Å². The standard InChI is InChI=1S/3C17H18O4.La.3Li/c3*18-12-6-4-8-14-16(12)17-13(19)7-5-9-15(17)21-11-3-1-2-10-20-14;;;;/h3*4-9,18-19H,1-3,10-11H2;;;;/q;;;+3;3*+1/p-6. The van der Waals surface area contributed by atoms with E-state index in [1.165, 1.54) is 36.4 Å². The fourth-order valence-corrected chi connectivity index (χ4v) is 7.50. The van der Waals surface area contributed by atoms with Crippen LogP contribution in [0.1, 0.15) is 57.8 Å². The van der Waals surface area contributed by atoms with Crippen LogP contribution in [0.5, 0.6) is 69.0 Å². The van der Waals surface area contributed by atoms with Gasteiger partial charge in [-0.3, -0.25) is 0 Å². The molecule has 0 unspecified atom stereocenters. The zero-order valence-corrected chi connectivity index (χ0v) is 42.1. The van der Waals surface area contributed by atoms with E-state index in [1.54, 1.807) is 72.8 Å². The van der Waals surface area contributed by atoms with Crippen LogP contribution in [0.25, 0.3) is 33.4 Å². The molecule has 0 amide bonds. The number of hydrogen-bond acceptors (Lipinski definition) is 12. The van der Waals surface area contributed by atoms with Crippen LogP contribution in [-0.2, 0) is 0 Å². The average Bonchev–Trinajstić information content (AvgIpc) is 3.37. The van der Waals surface area contributed by atoms with Gasteiger partial charge in [0.2, 0.25) is 0 Å². The van der Waals surface area contributed by atoms with Crippen LogP contribution in [0.3, 0.4) is 0 Å². The zero-order chi connectivity index (χ0) is 44.0. The zero-order valence-electron chi connectivity index (χ0n) is 38.5. The van der Waals surface area contributed by atoms with E-state index in [0.717, 1.165) is 57.8 Å². The van der Waals surface area contributed by atoms with Gasteiger partial charge in [0.05, 0.1) is 39.6 Å². The Labute approximate surface area is 456 Å². The van der Waals surface area contributed by atoms with Gasteiger partial charge in [0.15, 0.2) is 0 Å². The molecule has 16 heteroatoms. The molecule has 9 rings (SSSR count). The topological polar surface area (TPSA) is 194 Å². The van der Waals surface area contributed by atoms with E-state index in [9.17, 15) is 30.6 Å². The maximum Gasteiger partial charge on any atom is 3.00 e. The van der Waals surface area contributed by atoms with Crippen LogP contribution < -0.4 is 116 Å². The van der Waals surface area contributed by atoms with Crippen molar-refractivity contribution < 1.29 is 151 Å². The molecule has 0 bridgehead atoms.